The summed E-state index contributed by atoms with van der Waals surface area (Å²) in [7, 11) is 0. The molecule has 3 rings (SSSR count). The fourth-order valence-corrected chi connectivity index (χ4v) is 3.18. The van der Waals surface area contributed by atoms with Crippen molar-refractivity contribution in [3.63, 3.8) is 0 Å². The van der Waals surface area contributed by atoms with Crippen molar-refractivity contribution in [2.45, 2.75) is 38.0 Å². The topological polar surface area (TPSA) is 87.1 Å². The molecule has 2 aromatic heterocycles. The molecule has 3 N–H and O–H groups in total. The van der Waals surface area contributed by atoms with Gasteiger partial charge in [-0.25, -0.2) is 4.98 Å². The number of aromatic nitrogens is 2. The number of aliphatic hydroxyl groups excluding tert-OH is 1. The number of hydrogen-bond donors (Lipinski definition) is 3. The summed E-state index contributed by atoms with van der Waals surface area (Å²) in [5.74, 6) is 0.163. The molecule has 1 aliphatic rings. The van der Waals surface area contributed by atoms with Gasteiger partial charge < -0.3 is 15.7 Å². The lowest BCUT2D eigenvalue weighted by molar-refractivity contribution is -0.137. The predicted molar refractivity (Wildman–Crippen MR) is 97.9 cm³/mol. The first-order valence-corrected chi connectivity index (χ1v) is 9.03. The van der Waals surface area contributed by atoms with E-state index >= 15 is 0 Å². The van der Waals surface area contributed by atoms with E-state index < -0.39 is 17.6 Å². The number of aliphatic hydroxyl groups is 1. The standard InChI is InChI=1S/C19H21F3N4O2/c20-19(21,22)13-8-14(11-23-10-13)26-18(28)16-2-1-7-24-17(16)25-9-12-3-5-15(27)6-4-12/h1-2,7-8,10-12,15,27H,3-6,9H2,(H,24,25)(H,26,28). The summed E-state index contributed by atoms with van der Waals surface area (Å²) in [6.45, 7) is 0.606. The fraction of sp³-hybridized carbons (Fsp3) is 0.421. The number of hydrogen-bond acceptors (Lipinski definition) is 5. The van der Waals surface area contributed by atoms with Gasteiger partial charge >= 0.3 is 6.18 Å². The van der Waals surface area contributed by atoms with E-state index in [1.54, 1.807) is 12.1 Å². The van der Waals surface area contributed by atoms with Crippen molar-refractivity contribution >= 4 is 17.4 Å². The molecule has 0 bridgehead atoms. The third-order valence-electron chi connectivity index (χ3n) is 4.75. The van der Waals surface area contributed by atoms with Crippen LogP contribution in [0, 0.1) is 5.92 Å². The molecule has 150 valence electrons. The molecule has 28 heavy (non-hydrogen) atoms. The van der Waals surface area contributed by atoms with Gasteiger partial charge in [0.15, 0.2) is 0 Å². The lowest BCUT2D eigenvalue weighted by Gasteiger charge is -2.25. The second-order valence-electron chi connectivity index (χ2n) is 6.87. The molecular weight excluding hydrogens is 373 g/mol. The average Bonchev–Trinajstić information content (AvgIpc) is 2.67. The van der Waals surface area contributed by atoms with Crippen LogP contribution in [-0.2, 0) is 6.18 Å². The Bertz CT molecular complexity index is 821. The van der Waals surface area contributed by atoms with Gasteiger partial charge in [0.25, 0.3) is 5.91 Å². The number of nitrogens with zero attached hydrogens (tertiary/aromatic N) is 2. The first kappa shape index (κ1) is 20.1. The number of nitrogens with one attached hydrogen (secondary N) is 2. The monoisotopic (exact) mass is 394 g/mol. The van der Waals surface area contributed by atoms with Crippen molar-refractivity contribution < 1.29 is 23.1 Å². The fourth-order valence-electron chi connectivity index (χ4n) is 3.18. The molecule has 0 saturated heterocycles. The van der Waals surface area contributed by atoms with Gasteiger partial charge in [-0.3, -0.25) is 9.78 Å². The summed E-state index contributed by atoms with van der Waals surface area (Å²) in [5.41, 5.74) is -0.749. The summed E-state index contributed by atoms with van der Waals surface area (Å²) in [4.78, 5) is 20.3. The number of halogens is 3. The minimum atomic E-state index is -4.54. The van der Waals surface area contributed by atoms with Crippen LogP contribution in [-0.4, -0.2) is 33.6 Å². The zero-order valence-corrected chi connectivity index (χ0v) is 15.0. The van der Waals surface area contributed by atoms with Crippen LogP contribution in [0.3, 0.4) is 0 Å². The molecule has 0 aliphatic heterocycles. The maximum absolute atomic E-state index is 12.8. The van der Waals surface area contributed by atoms with Crippen molar-refractivity contribution in [1.29, 1.82) is 0 Å². The Morgan fingerprint density at radius 3 is 2.68 bits per heavy atom. The Hall–Kier alpha value is -2.68. The van der Waals surface area contributed by atoms with Crippen molar-refractivity contribution in [1.82, 2.24) is 9.97 Å². The number of carbonyl (C=O) groups excluding carboxylic acids is 1. The third-order valence-corrected chi connectivity index (χ3v) is 4.75. The molecule has 2 aromatic rings. The average molecular weight is 394 g/mol. The van der Waals surface area contributed by atoms with Gasteiger partial charge in [-0.2, -0.15) is 13.2 Å². The van der Waals surface area contributed by atoms with Gasteiger partial charge in [0.05, 0.1) is 29.1 Å². The van der Waals surface area contributed by atoms with Gasteiger partial charge in [-0.1, -0.05) is 0 Å². The largest absolute Gasteiger partial charge is 0.417 e. The Morgan fingerprint density at radius 1 is 1.21 bits per heavy atom. The van der Waals surface area contributed by atoms with E-state index in [2.05, 4.69) is 20.6 Å². The molecule has 6 nitrogen and oxygen atoms in total. The number of carbonyl (C=O) groups is 1. The molecule has 1 amide bonds. The van der Waals surface area contributed by atoms with Crippen LogP contribution in [0.25, 0.3) is 0 Å². The van der Waals surface area contributed by atoms with E-state index in [0.29, 0.717) is 24.5 Å². The van der Waals surface area contributed by atoms with E-state index in [9.17, 15) is 23.1 Å². The zero-order valence-electron chi connectivity index (χ0n) is 15.0. The van der Waals surface area contributed by atoms with E-state index in [1.165, 1.54) is 6.20 Å². The normalized spacial score (nSPS) is 19.9. The van der Waals surface area contributed by atoms with Crippen LogP contribution < -0.4 is 10.6 Å². The molecule has 0 spiro atoms. The predicted octanol–water partition coefficient (Wildman–Crippen LogP) is 3.71. The van der Waals surface area contributed by atoms with Crippen LogP contribution >= 0.6 is 0 Å². The summed E-state index contributed by atoms with van der Waals surface area (Å²) in [6.07, 6.45) is 1.90. The molecule has 0 unspecified atom stereocenters. The molecule has 0 aromatic carbocycles. The second-order valence-corrected chi connectivity index (χ2v) is 6.87. The first-order chi connectivity index (χ1) is 13.3. The number of rotatable bonds is 5. The summed E-state index contributed by atoms with van der Waals surface area (Å²) in [5, 5.41) is 15.2. The molecular formula is C19H21F3N4O2. The minimum absolute atomic E-state index is 0.0455. The van der Waals surface area contributed by atoms with Crippen molar-refractivity contribution in [2.24, 2.45) is 5.92 Å². The molecule has 0 atom stereocenters. The second kappa shape index (κ2) is 8.55. The molecule has 2 heterocycles. The number of anilines is 2. The lowest BCUT2D eigenvalue weighted by atomic mass is 9.87. The number of pyridine rings is 2. The third kappa shape index (κ3) is 5.19. The van der Waals surface area contributed by atoms with E-state index in [-0.39, 0.29) is 17.4 Å². The highest BCUT2D eigenvalue weighted by Crippen LogP contribution is 2.30. The maximum atomic E-state index is 12.8. The van der Waals surface area contributed by atoms with Gasteiger partial charge in [-0.15, -0.1) is 0 Å². The van der Waals surface area contributed by atoms with Crippen LogP contribution in [0.4, 0.5) is 24.7 Å². The van der Waals surface area contributed by atoms with Crippen LogP contribution in [0.2, 0.25) is 0 Å². The minimum Gasteiger partial charge on any atom is -0.393 e. The molecule has 1 fully saturated rings. The Kier molecular flexibility index (Phi) is 6.13. The van der Waals surface area contributed by atoms with Crippen LogP contribution in [0.15, 0.2) is 36.8 Å². The van der Waals surface area contributed by atoms with Gasteiger partial charge in [0.2, 0.25) is 0 Å². The molecule has 0 radical (unpaired) electrons. The quantitative estimate of drug-likeness (QED) is 0.720. The van der Waals surface area contributed by atoms with E-state index in [1.807, 2.05) is 0 Å². The Morgan fingerprint density at radius 2 is 1.96 bits per heavy atom. The Labute approximate surface area is 160 Å². The molecule has 1 aliphatic carbocycles. The lowest BCUT2D eigenvalue weighted by Crippen LogP contribution is -2.25. The highest BCUT2D eigenvalue weighted by atomic mass is 19.4. The summed E-state index contributed by atoms with van der Waals surface area (Å²) in [6, 6.07) is 3.97. The highest BCUT2D eigenvalue weighted by Gasteiger charge is 2.31. The smallest absolute Gasteiger partial charge is 0.393 e. The van der Waals surface area contributed by atoms with Crippen LogP contribution in [0.1, 0.15) is 41.6 Å². The van der Waals surface area contributed by atoms with Gasteiger partial charge in [0.1, 0.15) is 5.82 Å². The molecule has 1 saturated carbocycles. The summed E-state index contributed by atoms with van der Waals surface area (Å²) >= 11 is 0. The molecule has 9 heteroatoms. The highest BCUT2D eigenvalue weighted by molar-refractivity contribution is 6.07. The SMILES string of the molecule is O=C(Nc1cncc(C(F)(F)F)c1)c1cccnc1NCC1CCC(O)CC1. The van der Waals surface area contributed by atoms with Crippen molar-refractivity contribution in [2.75, 3.05) is 17.2 Å². The van der Waals surface area contributed by atoms with Crippen LogP contribution in [0.5, 0.6) is 0 Å². The van der Waals surface area contributed by atoms with Gasteiger partial charge in [0, 0.05) is 18.9 Å². The van der Waals surface area contributed by atoms with E-state index in [0.717, 1.165) is 37.9 Å². The maximum Gasteiger partial charge on any atom is 0.417 e. The summed E-state index contributed by atoms with van der Waals surface area (Å²) < 4.78 is 38.4. The zero-order chi connectivity index (χ0) is 20.1. The van der Waals surface area contributed by atoms with Crippen molar-refractivity contribution in [3.8, 4) is 0 Å². The Balaban J connectivity index is 1.67. The van der Waals surface area contributed by atoms with E-state index in [4.69, 9.17) is 0 Å². The number of amides is 1. The first-order valence-electron chi connectivity index (χ1n) is 9.03. The number of alkyl halides is 3. The van der Waals surface area contributed by atoms with Crippen molar-refractivity contribution in [3.05, 3.63) is 47.9 Å². The van der Waals surface area contributed by atoms with Gasteiger partial charge in [-0.05, 0) is 49.8 Å².